The zero-order chi connectivity index (χ0) is 19.8. The van der Waals surface area contributed by atoms with Gasteiger partial charge in [0.25, 0.3) is 5.91 Å². The predicted molar refractivity (Wildman–Crippen MR) is 99.1 cm³/mol. The molecule has 1 N–H and O–H groups in total. The average molecular weight is 391 g/mol. The van der Waals surface area contributed by atoms with Gasteiger partial charge in [0, 0.05) is 6.04 Å². The standard InChI is InChI=1S/C18H21N3O5S/c1-10-11(2)20-16-8-13(4-5-15(16)19-10)18(23)26-12(3)17(22)21-14-6-7-27(24,25)9-14/h4-5,8,12,14H,6-7,9H2,1-3H3,(H,21,22)/t12-,14+/m0/s1. The van der Waals surface area contributed by atoms with Crippen molar-refractivity contribution in [1.29, 1.82) is 0 Å². The van der Waals surface area contributed by atoms with E-state index >= 15 is 0 Å². The molecule has 0 spiro atoms. The molecule has 1 aromatic carbocycles. The molecule has 9 heteroatoms. The number of fused-ring (bicyclic) bond motifs is 1. The zero-order valence-corrected chi connectivity index (χ0v) is 16.2. The number of aromatic nitrogens is 2. The summed E-state index contributed by atoms with van der Waals surface area (Å²) in [4.78, 5) is 33.3. The third-order valence-corrected chi connectivity index (χ3v) is 6.31. The first-order valence-electron chi connectivity index (χ1n) is 8.61. The highest BCUT2D eigenvalue weighted by atomic mass is 32.2. The summed E-state index contributed by atoms with van der Waals surface area (Å²) in [5, 5.41) is 2.62. The van der Waals surface area contributed by atoms with E-state index in [1.807, 2.05) is 13.8 Å². The van der Waals surface area contributed by atoms with Crippen LogP contribution in [-0.4, -0.2) is 53.9 Å². The Bertz CT molecular complexity index is 1020. The van der Waals surface area contributed by atoms with Gasteiger partial charge in [-0.15, -0.1) is 0 Å². The third kappa shape index (κ3) is 4.41. The number of aryl methyl sites for hydroxylation is 2. The SMILES string of the molecule is Cc1nc2ccc(C(=O)O[C@@H](C)C(=O)N[C@@H]3CCS(=O)(=O)C3)cc2nc1C. The van der Waals surface area contributed by atoms with E-state index in [0.717, 1.165) is 11.4 Å². The lowest BCUT2D eigenvalue weighted by Gasteiger charge is -2.16. The first-order chi connectivity index (χ1) is 12.6. The first-order valence-corrected chi connectivity index (χ1v) is 10.4. The molecule has 1 aliphatic heterocycles. The molecule has 0 bridgehead atoms. The molecule has 0 unspecified atom stereocenters. The monoisotopic (exact) mass is 391 g/mol. The van der Waals surface area contributed by atoms with Gasteiger partial charge in [0.15, 0.2) is 15.9 Å². The lowest BCUT2D eigenvalue weighted by atomic mass is 10.2. The van der Waals surface area contributed by atoms with Crippen LogP contribution in [0.2, 0.25) is 0 Å². The highest BCUT2D eigenvalue weighted by Crippen LogP contribution is 2.16. The van der Waals surface area contributed by atoms with Crippen molar-refractivity contribution in [1.82, 2.24) is 15.3 Å². The van der Waals surface area contributed by atoms with Crippen molar-refractivity contribution in [2.24, 2.45) is 0 Å². The fourth-order valence-corrected chi connectivity index (χ4v) is 4.54. The van der Waals surface area contributed by atoms with Crippen molar-refractivity contribution < 1.29 is 22.7 Å². The van der Waals surface area contributed by atoms with Crippen LogP contribution < -0.4 is 5.32 Å². The van der Waals surface area contributed by atoms with Crippen molar-refractivity contribution in [2.45, 2.75) is 39.3 Å². The van der Waals surface area contributed by atoms with Crippen LogP contribution in [0.15, 0.2) is 18.2 Å². The molecule has 1 aliphatic rings. The maximum Gasteiger partial charge on any atom is 0.338 e. The van der Waals surface area contributed by atoms with Crippen LogP contribution in [0.5, 0.6) is 0 Å². The minimum Gasteiger partial charge on any atom is -0.449 e. The number of nitrogens with zero attached hydrogens (tertiary/aromatic N) is 2. The molecule has 1 saturated heterocycles. The fourth-order valence-electron chi connectivity index (χ4n) is 2.87. The number of rotatable bonds is 4. The Balaban J connectivity index is 1.66. The molecule has 0 saturated carbocycles. The summed E-state index contributed by atoms with van der Waals surface area (Å²) in [5.74, 6) is -1.19. The Labute approximate surface area is 157 Å². The largest absolute Gasteiger partial charge is 0.449 e. The first kappa shape index (κ1) is 19.2. The van der Waals surface area contributed by atoms with E-state index < -0.39 is 33.9 Å². The minimum atomic E-state index is -3.10. The van der Waals surface area contributed by atoms with Crippen molar-refractivity contribution >= 4 is 32.7 Å². The summed E-state index contributed by atoms with van der Waals surface area (Å²) < 4.78 is 28.1. The molecule has 2 aromatic rings. The Morgan fingerprint density at radius 1 is 1.19 bits per heavy atom. The fraction of sp³-hybridized carbons (Fsp3) is 0.444. The van der Waals surface area contributed by atoms with Gasteiger partial charge in [-0.05, 0) is 45.4 Å². The van der Waals surface area contributed by atoms with E-state index in [9.17, 15) is 18.0 Å². The number of benzene rings is 1. The van der Waals surface area contributed by atoms with Gasteiger partial charge in [0.05, 0.1) is 39.5 Å². The van der Waals surface area contributed by atoms with E-state index in [1.165, 1.54) is 6.92 Å². The molecular formula is C18H21N3O5S. The summed E-state index contributed by atoms with van der Waals surface area (Å²) >= 11 is 0. The topological polar surface area (TPSA) is 115 Å². The molecule has 3 rings (SSSR count). The summed E-state index contributed by atoms with van der Waals surface area (Å²) in [5.41, 5.74) is 3.09. The normalized spacial score (nSPS) is 19.6. The number of sulfone groups is 1. The van der Waals surface area contributed by atoms with Crippen LogP contribution in [0.25, 0.3) is 11.0 Å². The molecule has 0 radical (unpaired) electrons. The summed E-state index contributed by atoms with van der Waals surface area (Å²) in [7, 11) is -3.10. The molecule has 27 heavy (non-hydrogen) atoms. The van der Waals surface area contributed by atoms with Crippen LogP contribution in [0.1, 0.15) is 35.1 Å². The molecule has 144 valence electrons. The third-order valence-electron chi connectivity index (χ3n) is 4.54. The van der Waals surface area contributed by atoms with E-state index in [1.54, 1.807) is 18.2 Å². The Morgan fingerprint density at radius 2 is 1.85 bits per heavy atom. The van der Waals surface area contributed by atoms with Crippen molar-refractivity contribution in [3.63, 3.8) is 0 Å². The number of hydrogen-bond acceptors (Lipinski definition) is 7. The number of carbonyl (C=O) groups is 2. The number of esters is 1. The lowest BCUT2D eigenvalue weighted by molar-refractivity contribution is -0.129. The second-order valence-electron chi connectivity index (χ2n) is 6.75. The van der Waals surface area contributed by atoms with Gasteiger partial charge in [-0.2, -0.15) is 0 Å². The van der Waals surface area contributed by atoms with Crippen LogP contribution in [0.3, 0.4) is 0 Å². The van der Waals surface area contributed by atoms with Crippen LogP contribution >= 0.6 is 0 Å². The molecule has 1 fully saturated rings. The number of nitrogens with one attached hydrogen (secondary N) is 1. The molecule has 1 aromatic heterocycles. The van der Waals surface area contributed by atoms with E-state index in [-0.39, 0.29) is 17.1 Å². The Hall–Kier alpha value is -2.55. The lowest BCUT2D eigenvalue weighted by Crippen LogP contribution is -2.42. The van der Waals surface area contributed by atoms with Gasteiger partial charge in [0.1, 0.15) is 0 Å². The van der Waals surface area contributed by atoms with Crippen LogP contribution in [0, 0.1) is 13.8 Å². The summed E-state index contributed by atoms with van der Waals surface area (Å²) in [6, 6.07) is 4.39. The molecule has 2 heterocycles. The van der Waals surface area contributed by atoms with Crippen LogP contribution in [-0.2, 0) is 19.4 Å². The van der Waals surface area contributed by atoms with Crippen LogP contribution in [0.4, 0.5) is 0 Å². The number of amides is 1. The van der Waals surface area contributed by atoms with E-state index in [0.29, 0.717) is 17.5 Å². The van der Waals surface area contributed by atoms with Crippen molar-refractivity contribution in [3.05, 3.63) is 35.2 Å². The van der Waals surface area contributed by atoms with Gasteiger partial charge in [-0.3, -0.25) is 4.79 Å². The zero-order valence-electron chi connectivity index (χ0n) is 15.4. The maximum atomic E-state index is 12.3. The van der Waals surface area contributed by atoms with Gasteiger partial charge < -0.3 is 10.1 Å². The number of carbonyl (C=O) groups excluding carboxylic acids is 2. The van der Waals surface area contributed by atoms with Gasteiger partial charge >= 0.3 is 5.97 Å². The molecule has 1 amide bonds. The molecular weight excluding hydrogens is 370 g/mol. The van der Waals surface area contributed by atoms with Gasteiger partial charge in [-0.1, -0.05) is 0 Å². The average Bonchev–Trinajstić information content (AvgIpc) is 2.93. The van der Waals surface area contributed by atoms with E-state index in [4.69, 9.17) is 4.74 Å². The second-order valence-corrected chi connectivity index (χ2v) is 8.98. The molecule has 2 atom stereocenters. The highest BCUT2D eigenvalue weighted by Gasteiger charge is 2.30. The maximum absolute atomic E-state index is 12.3. The second kappa shape index (κ2) is 7.22. The van der Waals surface area contributed by atoms with Crippen molar-refractivity contribution in [2.75, 3.05) is 11.5 Å². The number of hydrogen-bond donors (Lipinski definition) is 1. The summed E-state index contributed by atoms with van der Waals surface area (Å²) in [6.45, 7) is 5.15. The number of ether oxygens (including phenoxy) is 1. The van der Waals surface area contributed by atoms with E-state index in [2.05, 4.69) is 15.3 Å². The predicted octanol–water partition coefficient (Wildman–Crippen LogP) is 1.10. The van der Waals surface area contributed by atoms with Crippen molar-refractivity contribution in [3.8, 4) is 0 Å². The quantitative estimate of drug-likeness (QED) is 0.776. The minimum absolute atomic E-state index is 0.0587. The Morgan fingerprint density at radius 3 is 2.48 bits per heavy atom. The smallest absolute Gasteiger partial charge is 0.338 e. The highest BCUT2D eigenvalue weighted by molar-refractivity contribution is 7.91. The Kier molecular flexibility index (Phi) is 5.14. The summed E-state index contributed by atoms with van der Waals surface area (Å²) in [6.07, 6.45) is -0.668. The van der Waals surface area contributed by atoms with Gasteiger partial charge in [-0.25, -0.2) is 23.2 Å². The van der Waals surface area contributed by atoms with Gasteiger partial charge in [0.2, 0.25) is 0 Å². The molecule has 8 nitrogen and oxygen atoms in total. The molecule has 0 aliphatic carbocycles.